The van der Waals surface area contributed by atoms with Crippen molar-refractivity contribution in [2.24, 2.45) is 0 Å². The number of allylic oxidation sites excluding steroid dienone is 1. The highest BCUT2D eigenvalue weighted by Crippen LogP contribution is 2.29. The van der Waals surface area contributed by atoms with Gasteiger partial charge in [0.25, 0.3) is 6.47 Å². The number of hydrogen-bond donors (Lipinski definition) is 0. The predicted molar refractivity (Wildman–Crippen MR) is 119 cm³/mol. The van der Waals surface area contributed by atoms with Crippen LogP contribution in [0.15, 0.2) is 42.7 Å². The van der Waals surface area contributed by atoms with Gasteiger partial charge in [-0.3, -0.25) is 14.0 Å². The molecule has 0 N–H and O–H groups in total. The Balaban J connectivity index is 0.00000106. The Morgan fingerprint density at radius 3 is 2.40 bits per heavy atom. The molecule has 3 aromatic rings. The zero-order valence-corrected chi connectivity index (χ0v) is 19.0. The number of carbonyl (C=O) groups is 2. The molecule has 6 nitrogen and oxygen atoms in total. The maximum Gasteiger partial charge on any atom is 0.293 e. The minimum absolute atomic E-state index is 0.116. The third-order valence-corrected chi connectivity index (χ3v) is 4.50. The molecule has 0 amide bonds. The second-order valence-electron chi connectivity index (χ2n) is 5.72. The number of fused-ring (bicyclic) bond motifs is 1. The minimum atomic E-state index is -0.358. The number of ether oxygens (including phenoxy) is 1. The summed E-state index contributed by atoms with van der Waals surface area (Å²) >= 11 is 1.32. The van der Waals surface area contributed by atoms with Crippen molar-refractivity contribution in [3.05, 3.63) is 59.1 Å². The van der Waals surface area contributed by atoms with Crippen LogP contribution in [0.4, 0.5) is 4.39 Å². The first-order chi connectivity index (χ1) is 14.5. The molecule has 2 heterocycles. The Labute approximate surface area is 180 Å². The molecule has 0 atom stereocenters. The number of thiazole rings is 1. The fraction of sp³-hybridized carbons (Fsp3) is 0.318. The lowest BCUT2D eigenvalue weighted by Gasteiger charge is -2.04. The monoisotopic (exact) mass is 433 g/mol. The molecule has 0 saturated carbocycles. The molecule has 2 aromatic heterocycles. The number of hydrogen-bond acceptors (Lipinski definition) is 6. The first kappa shape index (κ1) is 25.0. The van der Waals surface area contributed by atoms with Crippen LogP contribution in [-0.2, 0) is 16.1 Å². The summed E-state index contributed by atoms with van der Waals surface area (Å²) in [6, 6.07) is 5.83. The van der Waals surface area contributed by atoms with E-state index in [0.717, 1.165) is 4.88 Å². The Hall–Kier alpha value is -3.00. The quantitative estimate of drug-likeness (QED) is 0.292. The van der Waals surface area contributed by atoms with Gasteiger partial charge in [0.15, 0.2) is 4.96 Å². The van der Waals surface area contributed by atoms with Crippen molar-refractivity contribution in [2.75, 3.05) is 14.1 Å². The first-order valence-corrected chi connectivity index (χ1v) is 10.5. The maximum atomic E-state index is 13.2. The van der Waals surface area contributed by atoms with Crippen LogP contribution in [0.5, 0.6) is 0 Å². The van der Waals surface area contributed by atoms with E-state index in [0.29, 0.717) is 28.4 Å². The number of aromatic nitrogens is 2. The normalized spacial score (nSPS) is 10.1. The van der Waals surface area contributed by atoms with Crippen molar-refractivity contribution < 1.29 is 18.7 Å². The summed E-state index contributed by atoms with van der Waals surface area (Å²) in [7, 11) is 3.63. The van der Waals surface area contributed by atoms with E-state index in [4.69, 9.17) is 4.74 Å². The summed E-state index contributed by atoms with van der Waals surface area (Å²) in [6.45, 7) is 8.49. The van der Waals surface area contributed by atoms with Gasteiger partial charge in [-0.1, -0.05) is 39.0 Å². The minimum Gasteiger partial charge on any atom is -0.462 e. The van der Waals surface area contributed by atoms with Crippen LogP contribution in [0.2, 0.25) is 0 Å². The fourth-order valence-corrected chi connectivity index (χ4v) is 3.31. The average Bonchev–Trinajstić information content (AvgIpc) is 3.31. The van der Waals surface area contributed by atoms with Gasteiger partial charge in [0.05, 0.1) is 4.88 Å². The van der Waals surface area contributed by atoms with E-state index in [-0.39, 0.29) is 18.2 Å². The molecular weight excluding hydrogens is 405 g/mol. The highest BCUT2D eigenvalue weighted by Gasteiger charge is 2.21. The van der Waals surface area contributed by atoms with Crippen LogP contribution in [0, 0.1) is 5.82 Å². The Morgan fingerprint density at radius 2 is 1.83 bits per heavy atom. The van der Waals surface area contributed by atoms with Crippen LogP contribution in [0.1, 0.15) is 43.1 Å². The van der Waals surface area contributed by atoms with E-state index in [1.807, 2.05) is 41.8 Å². The summed E-state index contributed by atoms with van der Waals surface area (Å²) in [4.78, 5) is 30.8. The number of carbonyl (C=O) groups excluding carboxylic acids is 2. The number of nitrogens with zero attached hydrogens (tertiary/aromatic N) is 3. The SMILES string of the molecule is CC.CC.CN(C)/C=C/C(=O)c1c(-c2ccc(F)cc2)nc2sc(COC=O)cn12. The summed E-state index contributed by atoms with van der Waals surface area (Å²) in [5.41, 5.74) is 1.50. The van der Waals surface area contributed by atoms with Crippen molar-refractivity contribution >= 4 is 28.6 Å². The molecule has 0 spiro atoms. The van der Waals surface area contributed by atoms with E-state index in [1.54, 1.807) is 33.8 Å². The Kier molecular flexibility index (Phi) is 10.5. The molecule has 1 aromatic carbocycles. The zero-order chi connectivity index (χ0) is 22.7. The van der Waals surface area contributed by atoms with Crippen molar-refractivity contribution in [2.45, 2.75) is 34.3 Å². The highest BCUT2D eigenvalue weighted by atomic mass is 32.1. The van der Waals surface area contributed by atoms with E-state index in [1.165, 1.54) is 29.5 Å². The molecule has 0 saturated heterocycles. The van der Waals surface area contributed by atoms with E-state index >= 15 is 0 Å². The number of ketones is 1. The average molecular weight is 434 g/mol. The summed E-state index contributed by atoms with van der Waals surface area (Å²) in [5, 5.41) is 0. The molecule has 8 heteroatoms. The molecule has 0 aliphatic carbocycles. The van der Waals surface area contributed by atoms with Crippen molar-refractivity contribution in [1.82, 2.24) is 14.3 Å². The van der Waals surface area contributed by atoms with Crippen LogP contribution >= 0.6 is 11.3 Å². The summed E-state index contributed by atoms with van der Waals surface area (Å²) in [5.74, 6) is -0.588. The van der Waals surface area contributed by atoms with Crippen molar-refractivity contribution in [3.8, 4) is 11.3 Å². The molecule has 0 fully saturated rings. The lowest BCUT2D eigenvalue weighted by atomic mass is 10.1. The van der Waals surface area contributed by atoms with Crippen molar-refractivity contribution in [1.29, 1.82) is 0 Å². The highest BCUT2D eigenvalue weighted by molar-refractivity contribution is 7.17. The van der Waals surface area contributed by atoms with Gasteiger partial charge in [-0.25, -0.2) is 9.37 Å². The fourth-order valence-electron chi connectivity index (χ4n) is 2.41. The molecule has 0 aliphatic heterocycles. The van der Waals surface area contributed by atoms with Crippen LogP contribution in [0.25, 0.3) is 16.2 Å². The number of halogens is 1. The van der Waals surface area contributed by atoms with Gasteiger partial charge in [-0.2, -0.15) is 0 Å². The number of rotatable bonds is 7. The van der Waals surface area contributed by atoms with Gasteiger partial charge < -0.3 is 9.64 Å². The molecular formula is C22H28FN3O3S. The third kappa shape index (κ3) is 6.25. The topological polar surface area (TPSA) is 63.9 Å². The van der Waals surface area contributed by atoms with E-state index in [9.17, 15) is 14.0 Å². The first-order valence-electron chi connectivity index (χ1n) is 9.70. The van der Waals surface area contributed by atoms with E-state index < -0.39 is 0 Å². The predicted octanol–water partition coefficient (Wildman–Crippen LogP) is 5.19. The molecule has 3 rings (SSSR count). The molecule has 0 aliphatic rings. The van der Waals surface area contributed by atoms with Gasteiger partial charge in [0.2, 0.25) is 5.78 Å². The number of imidazole rings is 1. The second-order valence-corrected chi connectivity index (χ2v) is 6.81. The maximum absolute atomic E-state index is 13.2. The zero-order valence-electron chi connectivity index (χ0n) is 18.2. The lowest BCUT2D eigenvalue weighted by Crippen LogP contribution is -2.06. The third-order valence-electron chi connectivity index (χ3n) is 3.54. The second kappa shape index (κ2) is 12.5. The van der Waals surface area contributed by atoms with Gasteiger partial charge in [-0.05, 0) is 24.3 Å². The van der Waals surface area contributed by atoms with Crippen LogP contribution in [-0.4, -0.2) is 40.6 Å². The summed E-state index contributed by atoms with van der Waals surface area (Å²) < 4.78 is 19.7. The molecule has 162 valence electrons. The van der Waals surface area contributed by atoms with Gasteiger partial charge in [0.1, 0.15) is 23.8 Å². The smallest absolute Gasteiger partial charge is 0.293 e. The largest absolute Gasteiger partial charge is 0.462 e. The van der Waals surface area contributed by atoms with E-state index in [2.05, 4.69) is 4.98 Å². The van der Waals surface area contributed by atoms with Crippen molar-refractivity contribution in [3.63, 3.8) is 0 Å². The Morgan fingerprint density at radius 1 is 1.20 bits per heavy atom. The molecule has 0 unspecified atom stereocenters. The van der Waals surface area contributed by atoms with Crippen LogP contribution < -0.4 is 0 Å². The number of benzene rings is 1. The molecule has 30 heavy (non-hydrogen) atoms. The van der Waals surface area contributed by atoms with Gasteiger partial charge in [-0.15, -0.1) is 0 Å². The van der Waals surface area contributed by atoms with Crippen LogP contribution in [0.3, 0.4) is 0 Å². The summed E-state index contributed by atoms with van der Waals surface area (Å²) in [6.07, 6.45) is 4.83. The van der Waals surface area contributed by atoms with Gasteiger partial charge >= 0.3 is 0 Å². The van der Waals surface area contributed by atoms with Gasteiger partial charge in [0, 0.05) is 38.1 Å². The Bertz CT molecular complexity index is 976. The standard InChI is InChI=1S/C18H16FN3O3S.2C2H6/c1-21(2)8-7-15(24)17-16(12-3-5-13(19)6-4-12)20-18-22(17)9-14(26-18)10-25-11-23;2*1-2/h3-9,11H,10H2,1-2H3;2*1-2H3/b8-7+;;. The lowest BCUT2D eigenvalue weighted by molar-refractivity contribution is -0.129. The molecule has 0 bridgehead atoms. The molecule has 0 radical (unpaired) electrons.